The Morgan fingerprint density at radius 2 is 2.04 bits per heavy atom. The van der Waals surface area contributed by atoms with Crippen LogP contribution in [0, 0.1) is 0 Å². The number of hydrogen-bond acceptors (Lipinski definition) is 5. The van der Waals surface area contributed by atoms with Crippen LogP contribution in [0.3, 0.4) is 0 Å². The van der Waals surface area contributed by atoms with Gasteiger partial charge in [-0.2, -0.15) is 0 Å². The quantitative estimate of drug-likeness (QED) is 0.831. The van der Waals surface area contributed by atoms with Crippen molar-refractivity contribution in [2.24, 2.45) is 0 Å². The summed E-state index contributed by atoms with van der Waals surface area (Å²) >= 11 is 0. The van der Waals surface area contributed by atoms with Gasteiger partial charge in [0.1, 0.15) is 12.0 Å². The van der Waals surface area contributed by atoms with Gasteiger partial charge in [-0.05, 0) is 31.7 Å². The van der Waals surface area contributed by atoms with Crippen LogP contribution in [0.15, 0.2) is 16.7 Å². The Morgan fingerprint density at radius 1 is 1.23 bits per heavy atom. The van der Waals surface area contributed by atoms with Crippen LogP contribution in [-0.4, -0.2) is 67.0 Å². The number of rotatable bonds is 6. The van der Waals surface area contributed by atoms with Crippen molar-refractivity contribution in [3.8, 4) is 0 Å². The first-order chi connectivity index (χ1) is 12.6. The van der Waals surface area contributed by atoms with Gasteiger partial charge in [-0.3, -0.25) is 14.5 Å². The maximum Gasteiger partial charge on any atom is 0.257 e. The van der Waals surface area contributed by atoms with Crippen LogP contribution in [0.2, 0.25) is 0 Å². The highest BCUT2D eigenvalue weighted by atomic mass is 16.5. The molecule has 2 aliphatic heterocycles. The molecule has 2 amide bonds. The number of hydrogen-bond donors (Lipinski definition) is 1. The lowest BCUT2D eigenvalue weighted by molar-refractivity contribution is -0.119. The van der Waals surface area contributed by atoms with Crippen molar-refractivity contribution in [2.75, 3.05) is 39.4 Å². The molecule has 1 atom stereocenters. The molecule has 26 heavy (non-hydrogen) atoms. The number of carbonyl (C=O) groups is 2. The van der Waals surface area contributed by atoms with Crippen LogP contribution >= 0.6 is 0 Å². The van der Waals surface area contributed by atoms with Gasteiger partial charge in [0.05, 0.1) is 25.3 Å². The number of nitrogens with one attached hydrogen (secondary N) is 1. The summed E-state index contributed by atoms with van der Waals surface area (Å²) in [7, 11) is 0. The fourth-order valence-corrected chi connectivity index (χ4v) is 3.70. The number of morpholine rings is 1. The highest BCUT2D eigenvalue weighted by Gasteiger charge is 2.28. The van der Waals surface area contributed by atoms with E-state index in [1.165, 1.54) is 6.92 Å². The van der Waals surface area contributed by atoms with Gasteiger partial charge >= 0.3 is 0 Å². The molecule has 7 heteroatoms. The predicted molar refractivity (Wildman–Crippen MR) is 96.8 cm³/mol. The van der Waals surface area contributed by atoms with Crippen LogP contribution in [0.4, 0.5) is 0 Å². The predicted octanol–water partition coefficient (Wildman–Crippen LogP) is 1.63. The molecule has 0 radical (unpaired) electrons. The molecule has 1 N–H and O–H groups in total. The first kappa shape index (κ1) is 18.9. The second-order valence-corrected chi connectivity index (χ2v) is 7.11. The van der Waals surface area contributed by atoms with E-state index in [1.807, 2.05) is 11.0 Å². The summed E-state index contributed by atoms with van der Waals surface area (Å²) in [5, 5.41) is 2.83. The van der Waals surface area contributed by atoms with Gasteiger partial charge in [0, 0.05) is 39.1 Å². The van der Waals surface area contributed by atoms with E-state index in [9.17, 15) is 9.59 Å². The number of ether oxygens (including phenoxy) is 1. The molecule has 0 spiro atoms. The zero-order chi connectivity index (χ0) is 18.4. The third kappa shape index (κ3) is 5.08. The third-order valence-corrected chi connectivity index (χ3v) is 5.12. The molecule has 7 nitrogen and oxygen atoms in total. The summed E-state index contributed by atoms with van der Waals surface area (Å²) in [5.74, 6) is 0.831. The Labute approximate surface area is 154 Å². The van der Waals surface area contributed by atoms with Gasteiger partial charge in [0.25, 0.3) is 5.91 Å². The average Bonchev–Trinajstić information content (AvgIpc) is 3.10. The van der Waals surface area contributed by atoms with E-state index in [0.29, 0.717) is 18.7 Å². The van der Waals surface area contributed by atoms with Crippen molar-refractivity contribution in [3.05, 3.63) is 23.7 Å². The van der Waals surface area contributed by atoms with Gasteiger partial charge in [-0.1, -0.05) is 0 Å². The summed E-state index contributed by atoms with van der Waals surface area (Å²) in [5.41, 5.74) is 0.625. The van der Waals surface area contributed by atoms with E-state index in [0.717, 1.165) is 64.3 Å². The largest absolute Gasteiger partial charge is 0.467 e. The average molecular weight is 363 g/mol. The highest BCUT2D eigenvalue weighted by Crippen LogP contribution is 2.23. The number of piperidine rings is 1. The van der Waals surface area contributed by atoms with Gasteiger partial charge < -0.3 is 19.4 Å². The normalized spacial score (nSPS) is 21.6. The second-order valence-electron chi connectivity index (χ2n) is 7.11. The Balaban J connectivity index is 1.58. The van der Waals surface area contributed by atoms with E-state index in [1.54, 1.807) is 6.26 Å². The number of likely N-dealkylation sites (tertiary alicyclic amines) is 1. The monoisotopic (exact) mass is 363 g/mol. The molecule has 0 bridgehead atoms. The van der Waals surface area contributed by atoms with Gasteiger partial charge in [-0.15, -0.1) is 0 Å². The molecule has 0 aromatic carbocycles. The van der Waals surface area contributed by atoms with Crippen LogP contribution in [-0.2, 0) is 16.1 Å². The van der Waals surface area contributed by atoms with Gasteiger partial charge in [-0.25, -0.2) is 0 Å². The summed E-state index contributed by atoms with van der Waals surface area (Å²) in [6.45, 7) is 6.88. The molecule has 2 aliphatic rings. The molecule has 2 fully saturated rings. The fraction of sp³-hybridized carbons (Fsp3) is 0.684. The van der Waals surface area contributed by atoms with Gasteiger partial charge in [0.2, 0.25) is 5.91 Å². The zero-order valence-electron chi connectivity index (χ0n) is 15.5. The van der Waals surface area contributed by atoms with Crippen LogP contribution in [0.1, 0.15) is 48.7 Å². The molecule has 144 valence electrons. The Morgan fingerprint density at radius 3 is 2.81 bits per heavy atom. The van der Waals surface area contributed by atoms with Crippen LogP contribution in [0.25, 0.3) is 0 Å². The maximum absolute atomic E-state index is 13.0. The molecule has 3 rings (SSSR count). The second kappa shape index (κ2) is 9.19. The summed E-state index contributed by atoms with van der Waals surface area (Å²) in [6.07, 6.45) is 5.52. The van der Waals surface area contributed by atoms with Crippen molar-refractivity contribution in [1.82, 2.24) is 15.1 Å². The molecule has 3 heterocycles. The Kier molecular flexibility index (Phi) is 6.68. The van der Waals surface area contributed by atoms with E-state index < -0.39 is 0 Å². The number of furan rings is 1. The molecule has 1 aromatic rings. The number of amides is 2. The van der Waals surface area contributed by atoms with E-state index in [4.69, 9.17) is 9.15 Å². The summed E-state index contributed by atoms with van der Waals surface area (Å²) < 4.78 is 11.0. The number of nitrogens with zero attached hydrogens (tertiary/aromatic N) is 2. The van der Waals surface area contributed by atoms with Crippen molar-refractivity contribution in [3.63, 3.8) is 0 Å². The number of carbonyl (C=O) groups excluding carboxylic acids is 2. The first-order valence-electron chi connectivity index (χ1n) is 9.56. The Hall–Kier alpha value is -1.86. The van der Waals surface area contributed by atoms with Crippen LogP contribution < -0.4 is 5.32 Å². The van der Waals surface area contributed by atoms with E-state index in [-0.39, 0.29) is 17.9 Å². The lowest BCUT2D eigenvalue weighted by Crippen LogP contribution is -2.45. The van der Waals surface area contributed by atoms with Crippen molar-refractivity contribution < 1.29 is 18.7 Å². The summed E-state index contributed by atoms with van der Waals surface area (Å²) in [4.78, 5) is 28.3. The summed E-state index contributed by atoms with van der Waals surface area (Å²) in [6, 6.07) is 2.05. The molecule has 0 aliphatic carbocycles. The molecular formula is C19H29N3O4. The molecule has 1 aromatic heterocycles. The zero-order valence-corrected chi connectivity index (χ0v) is 15.5. The van der Waals surface area contributed by atoms with Gasteiger partial charge in [0.15, 0.2) is 0 Å². The SMILES string of the molecule is CC(=O)NCCC1CCCCN1C(=O)c1coc(CN2CCOCC2)c1. The fourth-order valence-electron chi connectivity index (χ4n) is 3.70. The molecular weight excluding hydrogens is 334 g/mol. The smallest absolute Gasteiger partial charge is 0.257 e. The third-order valence-electron chi connectivity index (χ3n) is 5.12. The maximum atomic E-state index is 13.0. The topological polar surface area (TPSA) is 75.0 Å². The Bertz CT molecular complexity index is 610. The van der Waals surface area contributed by atoms with E-state index >= 15 is 0 Å². The minimum absolute atomic E-state index is 0.0266. The van der Waals surface area contributed by atoms with Crippen molar-refractivity contribution >= 4 is 11.8 Å². The molecule has 2 saturated heterocycles. The lowest BCUT2D eigenvalue weighted by atomic mass is 9.98. The molecule has 1 unspecified atom stereocenters. The van der Waals surface area contributed by atoms with Crippen molar-refractivity contribution in [1.29, 1.82) is 0 Å². The minimum atomic E-state index is -0.0266. The van der Waals surface area contributed by atoms with E-state index in [2.05, 4.69) is 10.2 Å². The molecule has 0 saturated carbocycles. The lowest BCUT2D eigenvalue weighted by Gasteiger charge is -2.35. The minimum Gasteiger partial charge on any atom is -0.467 e. The first-order valence-corrected chi connectivity index (χ1v) is 9.56. The standard InChI is InChI=1S/C19H29N3O4/c1-15(23)20-6-5-17-4-2-3-7-22(17)19(24)16-12-18(26-14-16)13-21-8-10-25-11-9-21/h12,14,17H,2-11,13H2,1H3,(H,20,23). The highest BCUT2D eigenvalue weighted by molar-refractivity contribution is 5.94. The van der Waals surface area contributed by atoms with Crippen molar-refractivity contribution in [2.45, 2.75) is 45.2 Å². The van der Waals surface area contributed by atoms with Crippen LogP contribution in [0.5, 0.6) is 0 Å².